The number of halogens is 1. The molecule has 3 rings (SSSR count). The van der Waals surface area contributed by atoms with Crippen molar-refractivity contribution in [2.45, 2.75) is 56.8 Å². The predicted molar refractivity (Wildman–Crippen MR) is 101 cm³/mol. The van der Waals surface area contributed by atoms with Crippen molar-refractivity contribution in [3.8, 4) is 0 Å². The van der Waals surface area contributed by atoms with E-state index in [1.807, 2.05) is 0 Å². The number of ether oxygens (including phenoxy) is 1. The van der Waals surface area contributed by atoms with Gasteiger partial charge in [0.05, 0.1) is 12.8 Å². The Balaban J connectivity index is 0.000000273. The summed E-state index contributed by atoms with van der Waals surface area (Å²) in [7, 11) is 1.74. The second-order valence-electron chi connectivity index (χ2n) is 7.04. The van der Waals surface area contributed by atoms with Crippen LogP contribution in [0.4, 0.5) is 4.39 Å². The average molecular weight is 456 g/mol. The van der Waals surface area contributed by atoms with Crippen molar-refractivity contribution in [3.05, 3.63) is 40.2 Å². The maximum Gasteiger partial charge on any atom is 0.149 e. The topological polar surface area (TPSA) is 75.8 Å². The molecule has 1 radical (unpaired) electrons. The van der Waals surface area contributed by atoms with Gasteiger partial charge >= 0.3 is 0 Å². The SMILES string of the molecule is CCc1ccc2c(c1)C(COC)[N-]CC2.OCNCC1(F)CCCC1O.[Y]. The van der Waals surface area contributed by atoms with Crippen molar-refractivity contribution in [2.24, 2.45) is 0 Å². The third kappa shape index (κ3) is 7.11. The third-order valence-electron chi connectivity index (χ3n) is 5.23. The molecule has 151 valence electrons. The second-order valence-corrected chi connectivity index (χ2v) is 7.04. The minimum absolute atomic E-state index is 0. The normalized spacial score (nSPS) is 26.6. The molecule has 0 spiro atoms. The fraction of sp³-hybridized carbons (Fsp3) is 0.700. The summed E-state index contributed by atoms with van der Waals surface area (Å²) in [4.78, 5) is 0. The van der Waals surface area contributed by atoms with E-state index in [0.717, 1.165) is 25.8 Å². The quantitative estimate of drug-likeness (QED) is 0.576. The van der Waals surface area contributed by atoms with Crippen LogP contribution in [0.5, 0.6) is 0 Å². The van der Waals surface area contributed by atoms with Gasteiger partial charge in [-0.1, -0.05) is 36.7 Å². The van der Waals surface area contributed by atoms with Gasteiger partial charge in [-0.05, 0) is 43.2 Å². The van der Waals surface area contributed by atoms with Gasteiger partial charge in [-0.15, -0.1) is 6.54 Å². The summed E-state index contributed by atoms with van der Waals surface area (Å²) in [6, 6.07) is 7.03. The number of nitrogens with one attached hydrogen (secondary N) is 1. The van der Waals surface area contributed by atoms with Gasteiger partial charge in [0.2, 0.25) is 0 Å². The predicted octanol–water partition coefficient (Wildman–Crippen LogP) is 2.64. The fourth-order valence-corrected chi connectivity index (χ4v) is 3.63. The third-order valence-corrected chi connectivity index (χ3v) is 5.23. The number of benzene rings is 1. The molecule has 0 bridgehead atoms. The number of hydrogen-bond donors (Lipinski definition) is 3. The molecular formula is C20H32FN2O3Y-. The van der Waals surface area contributed by atoms with Crippen LogP contribution < -0.4 is 5.32 Å². The Morgan fingerprint density at radius 2 is 2.19 bits per heavy atom. The van der Waals surface area contributed by atoms with Crippen molar-refractivity contribution < 1.29 is 52.0 Å². The van der Waals surface area contributed by atoms with E-state index in [1.165, 1.54) is 16.7 Å². The maximum atomic E-state index is 13.5. The van der Waals surface area contributed by atoms with Crippen LogP contribution in [-0.4, -0.2) is 55.5 Å². The van der Waals surface area contributed by atoms with Crippen LogP contribution >= 0.6 is 0 Å². The number of aliphatic hydroxyl groups excluding tert-OH is 2. The minimum atomic E-state index is -1.51. The van der Waals surface area contributed by atoms with Crippen LogP contribution in [0.1, 0.15) is 48.9 Å². The van der Waals surface area contributed by atoms with Crippen molar-refractivity contribution in [3.63, 3.8) is 0 Å². The van der Waals surface area contributed by atoms with Gasteiger partial charge in [0.15, 0.2) is 0 Å². The zero-order valence-electron chi connectivity index (χ0n) is 16.5. The summed E-state index contributed by atoms with van der Waals surface area (Å²) in [5.74, 6) is 0. The van der Waals surface area contributed by atoms with Gasteiger partial charge < -0.3 is 20.3 Å². The molecule has 27 heavy (non-hydrogen) atoms. The molecule has 3 atom stereocenters. The van der Waals surface area contributed by atoms with E-state index in [0.29, 0.717) is 19.4 Å². The van der Waals surface area contributed by atoms with Gasteiger partial charge in [-0.25, -0.2) is 4.39 Å². The summed E-state index contributed by atoms with van der Waals surface area (Å²) < 4.78 is 18.7. The summed E-state index contributed by atoms with van der Waals surface area (Å²) in [6.45, 7) is 3.64. The van der Waals surface area contributed by atoms with Gasteiger partial charge in [0.25, 0.3) is 0 Å². The molecule has 0 amide bonds. The van der Waals surface area contributed by atoms with Crippen LogP contribution in [-0.2, 0) is 50.3 Å². The first kappa shape index (κ1) is 25.1. The molecule has 3 unspecified atom stereocenters. The van der Waals surface area contributed by atoms with E-state index in [2.05, 4.69) is 35.8 Å². The number of nitrogens with zero attached hydrogens (tertiary/aromatic N) is 1. The number of aryl methyl sites for hydroxylation is 1. The van der Waals surface area contributed by atoms with E-state index >= 15 is 0 Å². The van der Waals surface area contributed by atoms with Gasteiger partial charge in [0.1, 0.15) is 5.67 Å². The Labute approximate surface area is 187 Å². The first-order chi connectivity index (χ1) is 12.5. The van der Waals surface area contributed by atoms with Gasteiger partial charge in [0, 0.05) is 53.0 Å². The van der Waals surface area contributed by atoms with Crippen molar-refractivity contribution in [2.75, 3.05) is 33.5 Å². The van der Waals surface area contributed by atoms with Crippen LogP contribution in [0, 0.1) is 0 Å². The minimum Gasteiger partial charge on any atom is -0.654 e. The molecule has 1 aromatic rings. The molecule has 0 aromatic heterocycles. The monoisotopic (exact) mass is 456 g/mol. The Kier molecular flexibility index (Phi) is 11.7. The molecule has 1 fully saturated rings. The van der Waals surface area contributed by atoms with Crippen LogP contribution in [0.15, 0.2) is 18.2 Å². The summed E-state index contributed by atoms with van der Waals surface area (Å²) in [5, 5.41) is 24.6. The van der Waals surface area contributed by atoms with Gasteiger partial charge in [-0.3, -0.25) is 5.32 Å². The standard InChI is InChI=1S/C13H18NO.C7H14FNO2.Y/c1-3-10-4-5-11-6-7-14-13(9-15-2)12(11)8-10;8-7(4-9-5-10)3-1-2-6(7)11;/h4-5,8,13H,3,6-7,9H2,1-2H3;6,9-11H,1-5H2;/q-1;;. The molecule has 1 aliphatic carbocycles. The number of fused-ring (bicyclic) bond motifs is 1. The fourth-order valence-electron chi connectivity index (χ4n) is 3.63. The Morgan fingerprint density at radius 1 is 1.41 bits per heavy atom. The number of alkyl halides is 1. The van der Waals surface area contributed by atoms with Crippen LogP contribution in [0.2, 0.25) is 0 Å². The molecule has 1 heterocycles. The number of methoxy groups -OCH3 is 1. The first-order valence-corrected chi connectivity index (χ1v) is 9.50. The molecule has 2 aliphatic rings. The summed E-state index contributed by atoms with van der Waals surface area (Å²) in [6.07, 6.45) is 2.96. The zero-order chi connectivity index (χ0) is 19.0. The Hall–Kier alpha value is 0.0539. The molecule has 3 N–H and O–H groups in total. The molecule has 5 nitrogen and oxygen atoms in total. The van der Waals surface area contributed by atoms with Gasteiger partial charge in [-0.2, -0.15) is 0 Å². The molecule has 1 aromatic carbocycles. The first-order valence-electron chi connectivity index (χ1n) is 9.50. The number of hydrogen-bond acceptors (Lipinski definition) is 4. The average Bonchev–Trinajstić information content (AvgIpc) is 2.99. The van der Waals surface area contributed by atoms with E-state index < -0.39 is 11.8 Å². The number of rotatable bonds is 6. The van der Waals surface area contributed by atoms with Crippen molar-refractivity contribution >= 4 is 0 Å². The van der Waals surface area contributed by atoms with Crippen LogP contribution in [0.25, 0.3) is 5.32 Å². The molecular weight excluding hydrogens is 424 g/mol. The molecule has 1 saturated carbocycles. The smallest absolute Gasteiger partial charge is 0.149 e. The molecule has 1 aliphatic heterocycles. The Bertz CT molecular complexity index is 564. The Morgan fingerprint density at radius 3 is 2.78 bits per heavy atom. The summed E-state index contributed by atoms with van der Waals surface area (Å²) in [5.41, 5.74) is 2.71. The van der Waals surface area contributed by atoms with E-state index in [9.17, 15) is 9.50 Å². The van der Waals surface area contributed by atoms with E-state index in [4.69, 9.17) is 9.84 Å². The maximum absolute atomic E-state index is 13.5. The van der Waals surface area contributed by atoms with E-state index in [1.54, 1.807) is 7.11 Å². The molecule has 7 heteroatoms. The number of aliphatic hydroxyl groups is 2. The summed E-state index contributed by atoms with van der Waals surface area (Å²) >= 11 is 0. The molecule has 0 saturated heterocycles. The largest absolute Gasteiger partial charge is 0.654 e. The second kappa shape index (κ2) is 12.6. The zero-order valence-corrected chi connectivity index (χ0v) is 19.3. The van der Waals surface area contributed by atoms with Crippen molar-refractivity contribution in [1.82, 2.24) is 5.32 Å². The van der Waals surface area contributed by atoms with Crippen LogP contribution in [0.3, 0.4) is 0 Å². The van der Waals surface area contributed by atoms with Crippen molar-refractivity contribution in [1.29, 1.82) is 0 Å². The van der Waals surface area contributed by atoms with E-state index in [-0.39, 0.29) is 52.0 Å².